The molecule has 0 spiro atoms. The molecule has 0 amide bonds. The molecule has 0 aliphatic heterocycles. The minimum absolute atomic E-state index is 0.215. The van der Waals surface area contributed by atoms with Gasteiger partial charge in [-0.2, -0.15) is 0 Å². The van der Waals surface area contributed by atoms with Crippen LogP contribution in [0.1, 0.15) is 36.0 Å². The number of methoxy groups -OCH3 is 1. The summed E-state index contributed by atoms with van der Waals surface area (Å²) in [5, 5.41) is 12.1. The Morgan fingerprint density at radius 3 is 2.68 bits per heavy atom. The van der Waals surface area contributed by atoms with Crippen LogP contribution in [-0.2, 0) is 6.42 Å². The molecule has 3 nitrogen and oxygen atoms in total. The Morgan fingerprint density at radius 1 is 1.18 bits per heavy atom. The summed E-state index contributed by atoms with van der Waals surface area (Å²) in [6.07, 6.45) is 5.94. The maximum absolute atomic E-state index is 12.1. The molecule has 3 heteroatoms. The molecule has 1 N–H and O–H groups in total. The van der Waals surface area contributed by atoms with Gasteiger partial charge in [0.1, 0.15) is 5.75 Å². The van der Waals surface area contributed by atoms with Crippen LogP contribution in [0.5, 0.6) is 5.75 Å². The second-order valence-electron chi connectivity index (χ2n) is 8.33. The fraction of sp³-hybridized carbons (Fsp3) is 0.440. The van der Waals surface area contributed by atoms with Crippen LogP contribution in [0.15, 0.2) is 54.1 Å². The maximum Gasteiger partial charge on any atom is 0.119 e. The second-order valence-corrected chi connectivity index (χ2v) is 8.33. The molecule has 0 bridgehead atoms. The summed E-state index contributed by atoms with van der Waals surface area (Å²) in [6.45, 7) is 3.02. The molecule has 3 rings (SSSR count). The molecule has 2 aromatic carbocycles. The third-order valence-corrected chi connectivity index (χ3v) is 5.97. The molecule has 0 saturated heterocycles. The van der Waals surface area contributed by atoms with Gasteiger partial charge in [0, 0.05) is 18.9 Å². The van der Waals surface area contributed by atoms with E-state index in [-0.39, 0.29) is 5.92 Å². The minimum atomic E-state index is -0.836. The van der Waals surface area contributed by atoms with Gasteiger partial charge in [0.2, 0.25) is 0 Å². The largest absolute Gasteiger partial charge is 0.497 e. The quantitative estimate of drug-likeness (QED) is 0.788. The molecule has 2 unspecified atom stereocenters. The third-order valence-electron chi connectivity index (χ3n) is 5.97. The summed E-state index contributed by atoms with van der Waals surface area (Å²) in [7, 11) is 5.87. The number of aliphatic hydroxyl groups is 1. The summed E-state index contributed by atoms with van der Waals surface area (Å²) < 4.78 is 5.38. The number of benzene rings is 2. The topological polar surface area (TPSA) is 32.7 Å². The van der Waals surface area contributed by atoms with Gasteiger partial charge in [0.15, 0.2) is 0 Å². The molecule has 1 aliphatic carbocycles. The fourth-order valence-electron chi connectivity index (χ4n) is 4.43. The first-order valence-electron chi connectivity index (χ1n) is 10.2. The Balaban J connectivity index is 2.02. The predicted octanol–water partition coefficient (Wildman–Crippen LogP) is 4.72. The fourth-order valence-corrected chi connectivity index (χ4v) is 4.43. The van der Waals surface area contributed by atoms with Crippen molar-refractivity contribution in [3.63, 3.8) is 0 Å². The normalized spacial score (nSPS) is 23.9. The van der Waals surface area contributed by atoms with Crippen LogP contribution in [0.3, 0.4) is 0 Å². The molecular weight excluding hydrogens is 346 g/mol. The van der Waals surface area contributed by atoms with Gasteiger partial charge in [-0.25, -0.2) is 0 Å². The van der Waals surface area contributed by atoms with Crippen molar-refractivity contribution in [3.05, 3.63) is 70.8 Å². The van der Waals surface area contributed by atoms with Crippen LogP contribution in [-0.4, -0.2) is 43.4 Å². The number of ether oxygens (including phenoxy) is 1. The van der Waals surface area contributed by atoms with Crippen molar-refractivity contribution < 1.29 is 9.84 Å². The first-order valence-corrected chi connectivity index (χ1v) is 10.2. The van der Waals surface area contributed by atoms with E-state index in [2.05, 4.69) is 62.3 Å². The molecule has 150 valence electrons. The highest BCUT2D eigenvalue weighted by molar-refractivity contribution is 5.58. The molecule has 0 radical (unpaired) electrons. The average Bonchev–Trinajstić information content (AvgIpc) is 2.67. The lowest BCUT2D eigenvalue weighted by atomic mass is 9.68. The van der Waals surface area contributed by atoms with Gasteiger partial charge < -0.3 is 14.7 Å². The van der Waals surface area contributed by atoms with Gasteiger partial charge in [0.05, 0.1) is 12.7 Å². The van der Waals surface area contributed by atoms with E-state index in [0.29, 0.717) is 6.42 Å². The first kappa shape index (κ1) is 20.6. The van der Waals surface area contributed by atoms with E-state index in [0.717, 1.165) is 42.7 Å². The summed E-state index contributed by atoms with van der Waals surface area (Å²) in [4.78, 5) is 2.20. The first-order chi connectivity index (χ1) is 13.4. The number of nitrogens with zero attached hydrogens (tertiary/aromatic N) is 1. The van der Waals surface area contributed by atoms with E-state index in [4.69, 9.17) is 4.74 Å². The Labute approximate surface area is 169 Å². The van der Waals surface area contributed by atoms with Gasteiger partial charge in [-0.15, -0.1) is 0 Å². The van der Waals surface area contributed by atoms with Crippen LogP contribution in [0.2, 0.25) is 0 Å². The van der Waals surface area contributed by atoms with E-state index in [1.165, 1.54) is 11.1 Å². The Morgan fingerprint density at radius 2 is 1.96 bits per heavy atom. The smallest absolute Gasteiger partial charge is 0.119 e. The standard InChI is InChI=1S/C25H33NO2/c1-19-9-5-6-11-21(19)17-25(27)22(12-8-13-23(25)18-26(2)3)15-20-10-7-14-24(16-20)28-4/h5-7,9-11,14-16,23,27H,8,12-13,17-18H2,1-4H3/b22-15+. The number of aryl methyl sites for hydroxylation is 1. The molecule has 28 heavy (non-hydrogen) atoms. The third kappa shape index (κ3) is 4.65. The van der Waals surface area contributed by atoms with Crippen molar-refractivity contribution in [2.75, 3.05) is 27.7 Å². The van der Waals surface area contributed by atoms with Crippen molar-refractivity contribution in [3.8, 4) is 5.75 Å². The maximum atomic E-state index is 12.1. The number of rotatable bonds is 6. The highest BCUT2D eigenvalue weighted by atomic mass is 16.5. The van der Waals surface area contributed by atoms with Gasteiger partial charge >= 0.3 is 0 Å². The van der Waals surface area contributed by atoms with E-state index in [1.807, 2.05) is 18.2 Å². The second kappa shape index (κ2) is 8.93. The molecule has 1 saturated carbocycles. The molecular formula is C25H33NO2. The Bertz CT molecular complexity index is 827. The molecule has 1 fully saturated rings. The van der Waals surface area contributed by atoms with E-state index in [1.54, 1.807) is 7.11 Å². The predicted molar refractivity (Wildman–Crippen MR) is 117 cm³/mol. The van der Waals surface area contributed by atoms with Gasteiger partial charge in [-0.3, -0.25) is 0 Å². The SMILES string of the molecule is COc1cccc(/C=C2\CCCC(CN(C)C)C2(O)Cc2ccccc2C)c1. The van der Waals surface area contributed by atoms with Gasteiger partial charge in [-0.1, -0.05) is 42.5 Å². The summed E-state index contributed by atoms with van der Waals surface area (Å²) >= 11 is 0. The van der Waals surface area contributed by atoms with Crippen molar-refractivity contribution in [1.82, 2.24) is 4.90 Å². The molecule has 2 atom stereocenters. The zero-order chi connectivity index (χ0) is 20.1. The van der Waals surface area contributed by atoms with Gasteiger partial charge in [-0.05, 0) is 74.7 Å². The van der Waals surface area contributed by atoms with Crippen molar-refractivity contribution in [2.24, 2.45) is 5.92 Å². The van der Waals surface area contributed by atoms with Gasteiger partial charge in [0.25, 0.3) is 0 Å². The number of hydrogen-bond donors (Lipinski definition) is 1. The highest BCUT2D eigenvalue weighted by Crippen LogP contribution is 2.42. The summed E-state index contributed by atoms with van der Waals surface area (Å²) in [6, 6.07) is 16.5. The van der Waals surface area contributed by atoms with Crippen LogP contribution in [0.25, 0.3) is 6.08 Å². The molecule has 0 heterocycles. The molecule has 0 aromatic heterocycles. The van der Waals surface area contributed by atoms with Crippen LogP contribution in [0.4, 0.5) is 0 Å². The van der Waals surface area contributed by atoms with Crippen molar-refractivity contribution >= 4 is 6.08 Å². The Kier molecular flexibility index (Phi) is 6.58. The lowest BCUT2D eigenvalue weighted by molar-refractivity contribution is -0.0124. The van der Waals surface area contributed by atoms with E-state index < -0.39 is 5.60 Å². The Hall–Kier alpha value is -2.10. The minimum Gasteiger partial charge on any atom is -0.497 e. The summed E-state index contributed by atoms with van der Waals surface area (Å²) in [5.74, 6) is 1.06. The molecule has 2 aromatic rings. The van der Waals surface area contributed by atoms with Crippen molar-refractivity contribution in [2.45, 2.75) is 38.2 Å². The van der Waals surface area contributed by atoms with Crippen LogP contribution in [0, 0.1) is 12.8 Å². The van der Waals surface area contributed by atoms with Crippen LogP contribution >= 0.6 is 0 Å². The lowest BCUT2D eigenvalue weighted by Gasteiger charge is -2.44. The zero-order valence-electron chi connectivity index (χ0n) is 17.6. The lowest BCUT2D eigenvalue weighted by Crippen LogP contribution is -2.48. The monoisotopic (exact) mass is 379 g/mol. The average molecular weight is 380 g/mol. The zero-order valence-corrected chi connectivity index (χ0v) is 17.6. The van der Waals surface area contributed by atoms with E-state index >= 15 is 0 Å². The molecule has 1 aliphatic rings. The van der Waals surface area contributed by atoms with E-state index in [9.17, 15) is 5.11 Å². The number of hydrogen-bond acceptors (Lipinski definition) is 3. The van der Waals surface area contributed by atoms with Crippen LogP contribution < -0.4 is 4.74 Å². The summed E-state index contributed by atoms with van der Waals surface area (Å²) in [5.41, 5.74) is 3.86. The highest BCUT2D eigenvalue weighted by Gasteiger charge is 2.42. The van der Waals surface area contributed by atoms with Crippen molar-refractivity contribution in [1.29, 1.82) is 0 Å².